The van der Waals surface area contributed by atoms with Gasteiger partial charge in [0.2, 0.25) is 5.12 Å². The van der Waals surface area contributed by atoms with E-state index in [0.29, 0.717) is 0 Å². The Kier molecular flexibility index (Phi) is 4.02. The average molecular weight is 180 g/mol. The summed E-state index contributed by atoms with van der Waals surface area (Å²) in [6.07, 6.45) is -1.28. The molecule has 0 heterocycles. The molecule has 0 spiro atoms. The molecule has 11 heavy (non-hydrogen) atoms. The van der Waals surface area contributed by atoms with Crippen LogP contribution in [0.15, 0.2) is 0 Å². The standard InChI is InChI=1S/C6H12O4S/c1-6(10,5(9)11)2-4(8)3-7/h4,7-8,10H,2-3H2,1H3,(H,9,11). The molecule has 0 radical (unpaired) electrons. The number of hydrogen-bond acceptors (Lipinski definition) is 4. The molecule has 0 aromatic rings. The Morgan fingerprint density at radius 2 is 2.18 bits per heavy atom. The Bertz CT molecular complexity index is 146. The summed E-state index contributed by atoms with van der Waals surface area (Å²) in [5.41, 5.74) is -1.66. The van der Waals surface area contributed by atoms with E-state index >= 15 is 0 Å². The molecule has 0 saturated heterocycles. The highest BCUT2D eigenvalue weighted by Crippen LogP contribution is 2.14. The first kappa shape index (κ1) is 10.9. The second-order valence-electron chi connectivity index (χ2n) is 2.62. The lowest BCUT2D eigenvalue weighted by Crippen LogP contribution is -2.37. The van der Waals surface area contributed by atoms with Crippen LogP contribution in [0.5, 0.6) is 0 Å². The highest BCUT2D eigenvalue weighted by molar-refractivity contribution is 7.96. The number of carbonyl (C=O) groups is 1. The van der Waals surface area contributed by atoms with Gasteiger partial charge in [-0.05, 0) is 6.92 Å². The van der Waals surface area contributed by atoms with E-state index < -0.39 is 23.4 Å². The van der Waals surface area contributed by atoms with Crippen LogP contribution in [0, 0.1) is 0 Å². The van der Waals surface area contributed by atoms with Crippen molar-refractivity contribution in [3.05, 3.63) is 0 Å². The van der Waals surface area contributed by atoms with Gasteiger partial charge in [-0.15, -0.1) is 12.6 Å². The molecule has 0 fully saturated rings. The Morgan fingerprint density at radius 3 is 2.45 bits per heavy atom. The van der Waals surface area contributed by atoms with Crippen LogP contribution in [0.25, 0.3) is 0 Å². The van der Waals surface area contributed by atoms with E-state index in [2.05, 4.69) is 12.6 Å². The molecule has 0 aliphatic heterocycles. The van der Waals surface area contributed by atoms with Crippen molar-refractivity contribution in [3.63, 3.8) is 0 Å². The monoisotopic (exact) mass is 180 g/mol. The summed E-state index contributed by atoms with van der Waals surface area (Å²) in [7, 11) is 0. The van der Waals surface area contributed by atoms with E-state index in [1.807, 2.05) is 0 Å². The van der Waals surface area contributed by atoms with Crippen LogP contribution < -0.4 is 0 Å². The predicted octanol–water partition coefficient (Wildman–Crippen LogP) is -1.06. The van der Waals surface area contributed by atoms with Gasteiger partial charge in [-0.3, -0.25) is 4.79 Å². The fraction of sp³-hybridized carbons (Fsp3) is 0.833. The van der Waals surface area contributed by atoms with Gasteiger partial charge in [0.05, 0.1) is 12.7 Å². The molecule has 0 rings (SSSR count). The Morgan fingerprint density at radius 1 is 1.73 bits per heavy atom. The molecule has 0 amide bonds. The van der Waals surface area contributed by atoms with E-state index in [0.717, 1.165) is 0 Å². The maximum atomic E-state index is 10.5. The molecule has 3 N–H and O–H groups in total. The minimum atomic E-state index is -1.66. The van der Waals surface area contributed by atoms with Gasteiger partial charge in [-0.2, -0.15) is 0 Å². The lowest BCUT2D eigenvalue weighted by Gasteiger charge is -2.20. The lowest BCUT2D eigenvalue weighted by atomic mass is 10.0. The van der Waals surface area contributed by atoms with Crippen LogP contribution in [-0.2, 0) is 4.79 Å². The molecule has 0 saturated carbocycles. The maximum Gasteiger partial charge on any atom is 0.217 e. The van der Waals surface area contributed by atoms with Crippen LogP contribution in [0.2, 0.25) is 0 Å². The van der Waals surface area contributed by atoms with Crippen molar-refractivity contribution in [2.75, 3.05) is 6.61 Å². The zero-order valence-corrected chi connectivity index (χ0v) is 7.08. The van der Waals surface area contributed by atoms with E-state index in [4.69, 9.17) is 10.2 Å². The number of hydrogen-bond donors (Lipinski definition) is 4. The third-order valence-corrected chi connectivity index (χ3v) is 1.79. The fourth-order valence-corrected chi connectivity index (χ4v) is 0.702. The number of aliphatic hydroxyl groups is 3. The normalized spacial score (nSPS) is 19.0. The molecule has 5 heteroatoms. The van der Waals surface area contributed by atoms with Gasteiger partial charge in [0.1, 0.15) is 5.60 Å². The summed E-state index contributed by atoms with van der Waals surface area (Å²) in [6, 6.07) is 0. The van der Waals surface area contributed by atoms with E-state index in [-0.39, 0.29) is 6.42 Å². The van der Waals surface area contributed by atoms with Crippen LogP contribution in [0.4, 0.5) is 0 Å². The molecule has 0 aromatic carbocycles. The van der Waals surface area contributed by atoms with Crippen molar-refractivity contribution in [1.29, 1.82) is 0 Å². The van der Waals surface area contributed by atoms with Gasteiger partial charge in [-0.1, -0.05) is 0 Å². The Labute approximate surface area is 70.3 Å². The quantitative estimate of drug-likeness (QED) is 0.416. The van der Waals surface area contributed by atoms with Crippen molar-refractivity contribution in [2.24, 2.45) is 0 Å². The van der Waals surface area contributed by atoms with Crippen LogP contribution in [0.1, 0.15) is 13.3 Å². The molecule has 0 aliphatic rings. The van der Waals surface area contributed by atoms with Crippen molar-refractivity contribution in [1.82, 2.24) is 0 Å². The summed E-state index contributed by atoms with van der Waals surface area (Å²) in [4.78, 5) is 10.5. The first-order valence-electron chi connectivity index (χ1n) is 3.15. The number of carbonyl (C=O) groups excluding carboxylic acids is 1. The Hall–Kier alpha value is -0.100. The summed E-state index contributed by atoms with van der Waals surface area (Å²) in [5.74, 6) is 0. The summed E-state index contributed by atoms with van der Waals surface area (Å²) < 4.78 is 0. The molecule has 2 atom stereocenters. The zero-order valence-electron chi connectivity index (χ0n) is 6.19. The zero-order chi connectivity index (χ0) is 9.07. The second-order valence-corrected chi connectivity index (χ2v) is 3.03. The van der Waals surface area contributed by atoms with Crippen LogP contribution >= 0.6 is 12.6 Å². The number of thiol groups is 1. The highest BCUT2D eigenvalue weighted by Gasteiger charge is 2.29. The second kappa shape index (κ2) is 4.06. The van der Waals surface area contributed by atoms with E-state index in [1.165, 1.54) is 6.92 Å². The van der Waals surface area contributed by atoms with Gasteiger partial charge in [0, 0.05) is 6.42 Å². The van der Waals surface area contributed by atoms with E-state index in [9.17, 15) is 9.90 Å². The average Bonchev–Trinajstić information content (AvgIpc) is 1.86. The minimum absolute atomic E-state index is 0.203. The topological polar surface area (TPSA) is 77.8 Å². The first-order valence-corrected chi connectivity index (χ1v) is 3.59. The minimum Gasteiger partial charge on any atom is -0.394 e. The molecule has 4 nitrogen and oxygen atoms in total. The van der Waals surface area contributed by atoms with Crippen molar-refractivity contribution in [3.8, 4) is 0 Å². The third kappa shape index (κ3) is 3.71. The molecular formula is C6H12O4S. The number of aliphatic hydroxyl groups excluding tert-OH is 2. The van der Waals surface area contributed by atoms with Gasteiger partial charge in [0.15, 0.2) is 0 Å². The van der Waals surface area contributed by atoms with Crippen molar-refractivity contribution in [2.45, 2.75) is 25.0 Å². The largest absolute Gasteiger partial charge is 0.394 e. The summed E-state index contributed by atoms with van der Waals surface area (Å²) in [5, 5.41) is 25.7. The molecule has 0 aromatic heterocycles. The van der Waals surface area contributed by atoms with Gasteiger partial charge < -0.3 is 15.3 Å². The summed E-state index contributed by atoms with van der Waals surface area (Å²) >= 11 is 3.41. The SMILES string of the molecule is CC(O)(CC(O)CO)C(=O)S. The van der Waals surface area contributed by atoms with Gasteiger partial charge in [-0.25, -0.2) is 0 Å². The Balaban J connectivity index is 4.01. The first-order chi connectivity index (χ1) is 4.90. The molecule has 2 unspecified atom stereocenters. The van der Waals surface area contributed by atoms with Gasteiger partial charge in [0.25, 0.3) is 0 Å². The molecular weight excluding hydrogens is 168 g/mol. The third-order valence-electron chi connectivity index (χ3n) is 1.30. The van der Waals surface area contributed by atoms with E-state index in [1.54, 1.807) is 0 Å². The van der Waals surface area contributed by atoms with Crippen LogP contribution in [-0.4, -0.2) is 38.7 Å². The molecule has 0 bridgehead atoms. The lowest BCUT2D eigenvalue weighted by molar-refractivity contribution is -0.129. The molecule has 66 valence electrons. The van der Waals surface area contributed by atoms with Gasteiger partial charge >= 0.3 is 0 Å². The molecule has 0 aliphatic carbocycles. The smallest absolute Gasteiger partial charge is 0.217 e. The van der Waals surface area contributed by atoms with Crippen LogP contribution in [0.3, 0.4) is 0 Å². The number of rotatable bonds is 4. The van der Waals surface area contributed by atoms with Crippen molar-refractivity contribution < 1.29 is 20.1 Å². The predicted molar refractivity (Wildman–Crippen MR) is 42.3 cm³/mol. The van der Waals surface area contributed by atoms with Crippen molar-refractivity contribution >= 4 is 17.7 Å². The fourth-order valence-electron chi connectivity index (χ4n) is 0.611. The maximum absolute atomic E-state index is 10.5. The summed E-state index contributed by atoms with van der Waals surface area (Å²) in [6.45, 7) is 0.762. The highest BCUT2D eigenvalue weighted by atomic mass is 32.1.